The first-order chi connectivity index (χ1) is 11.6. The molecular formula is C19H29NO5. The first kappa shape index (κ1) is 20.8. The minimum Gasteiger partial charge on any atom is -0.479 e. The van der Waals surface area contributed by atoms with E-state index in [1.807, 2.05) is 52.0 Å². The fourth-order valence-corrected chi connectivity index (χ4v) is 2.26. The monoisotopic (exact) mass is 351 g/mol. The minimum absolute atomic E-state index is 0.135. The van der Waals surface area contributed by atoms with Crippen LogP contribution in [-0.2, 0) is 14.3 Å². The number of alkyl carbamates (subject to hydrolysis) is 1. The number of esters is 1. The number of benzene rings is 1. The number of carbonyl (C=O) groups is 2. The summed E-state index contributed by atoms with van der Waals surface area (Å²) in [5.41, 5.74) is 0.462. The number of carbonyl (C=O) groups excluding carboxylic acids is 2. The lowest BCUT2D eigenvalue weighted by Crippen LogP contribution is -2.33. The molecule has 0 bridgehead atoms. The number of ether oxygens (including phenoxy) is 3. The highest BCUT2D eigenvalue weighted by molar-refractivity contribution is 5.74. The summed E-state index contributed by atoms with van der Waals surface area (Å²) < 4.78 is 15.6. The molecule has 0 aromatic heterocycles. The molecule has 1 aromatic rings. The van der Waals surface area contributed by atoms with Crippen LogP contribution in [0.25, 0.3) is 0 Å². The van der Waals surface area contributed by atoms with Crippen LogP contribution in [0.2, 0.25) is 0 Å². The summed E-state index contributed by atoms with van der Waals surface area (Å²) in [5, 5.41) is 2.75. The Labute approximate surface area is 149 Å². The van der Waals surface area contributed by atoms with E-state index < -0.39 is 23.8 Å². The van der Waals surface area contributed by atoms with Gasteiger partial charge in [-0.1, -0.05) is 25.1 Å². The van der Waals surface area contributed by atoms with E-state index in [0.29, 0.717) is 18.7 Å². The second-order valence-corrected chi connectivity index (χ2v) is 6.94. The van der Waals surface area contributed by atoms with Crippen molar-refractivity contribution < 1.29 is 23.8 Å². The lowest BCUT2D eigenvalue weighted by molar-refractivity contribution is -0.147. The van der Waals surface area contributed by atoms with E-state index in [1.165, 1.54) is 7.11 Å². The van der Waals surface area contributed by atoms with E-state index in [1.54, 1.807) is 6.92 Å². The Bertz CT molecular complexity index is 579. The average molecular weight is 351 g/mol. The van der Waals surface area contributed by atoms with Crippen molar-refractivity contribution in [3.05, 3.63) is 29.8 Å². The van der Waals surface area contributed by atoms with Crippen LogP contribution in [0.4, 0.5) is 4.79 Å². The molecule has 0 radical (unpaired) electrons. The summed E-state index contributed by atoms with van der Waals surface area (Å²) in [4.78, 5) is 23.2. The van der Waals surface area contributed by atoms with Gasteiger partial charge < -0.3 is 19.5 Å². The van der Waals surface area contributed by atoms with Gasteiger partial charge in [0, 0.05) is 6.54 Å². The van der Waals surface area contributed by atoms with Gasteiger partial charge >= 0.3 is 12.1 Å². The zero-order valence-electron chi connectivity index (χ0n) is 15.9. The van der Waals surface area contributed by atoms with Gasteiger partial charge in [0.15, 0.2) is 6.10 Å². The molecule has 1 N–H and O–H groups in total. The van der Waals surface area contributed by atoms with Crippen LogP contribution >= 0.6 is 0 Å². The van der Waals surface area contributed by atoms with Crippen molar-refractivity contribution in [3.8, 4) is 5.75 Å². The molecule has 1 unspecified atom stereocenters. The molecule has 0 heterocycles. The maximum atomic E-state index is 11.7. The highest BCUT2D eigenvalue weighted by Gasteiger charge is 2.19. The van der Waals surface area contributed by atoms with Gasteiger partial charge in [-0.05, 0) is 51.7 Å². The van der Waals surface area contributed by atoms with E-state index in [0.717, 1.165) is 5.56 Å². The van der Waals surface area contributed by atoms with Crippen LogP contribution in [-0.4, -0.2) is 37.4 Å². The van der Waals surface area contributed by atoms with Crippen LogP contribution in [0.3, 0.4) is 0 Å². The summed E-state index contributed by atoms with van der Waals surface area (Å²) in [5.74, 6) is 0.357. The Morgan fingerprint density at radius 3 is 2.40 bits per heavy atom. The van der Waals surface area contributed by atoms with E-state index >= 15 is 0 Å². The van der Waals surface area contributed by atoms with Crippen molar-refractivity contribution in [1.82, 2.24) is 5.32 Å². The lowest BCUT2D eigenvalue weighted by atomic mass is 9.97. The maximum Gasteiger partial charge on any atom is 0.407 e. The van der Waals surface area contributed by atoms with Gasteiger partial charge in [-0.2, -0.15) is 0 Å². The standard InChI is InChI=1S/C19H29NO5/c1-13(11-12-20-18(22)25-19(3,4)5)15-9-7-8-10-16(15)24-14(2)17(21)23-6/h7-10,13-14H,11-12H2,1-6H3,(H,20,22)/t13?,14-/m1/s1. The van der Waals surface area contributed by atoms with Gasteiger partial charge in [0.25, 0.3) is 0 Å². The second-order valence-electron chi connectivity index (χ2n) is 6.94. The highest BCUT2D eigenvalue weighted by Crippen LogP contribution is 2.29. The number of hydrogen-bond donors (Lipinski definition) is 1. The first-order valence-electron chi connectivity index (χ1n) is 8.44. The van der Waals surface area contributed by atoms with Gasteiger partial charge in [-0.3, -0.25) is 0 Å². The predicted molar refractivity (Wildman–Crippen MR) is 95.8 cm³/mol. The number of methoxy groups -OCH3 is 1. The molecule has 1 aromatic carbocycles. The quantitative estimate of drug-likeness (QED) is 0.759. The van der Waals surface area contributed by atoms with Gasteiger partial charge in [-0.25, -0.2) is 9.59 Å². The molecule has 6 heteroatoms. The third-order valence-electron chi connectivity index (χ3n) is 3.53. The molecule has 2 atom stereocenters. The van der Waals surface area contributed by atoms with Crippen LogP contribution in [0.1, 0.15) is 52.5 Å². The molecule has 25 heavy (non-hydrogen) atoms. The fraction of sp³-hybridized carbons (Fsp3) is 0.579. The smallest absolute Gasteiger partial charge is 0.407 e. The van der Waals surface area contributed by atoms with Crippen LogP contribution in [0.15, 0.2) is 24.3 Å². The largest absolute Gasteiger partial charge is 0.479 e. The third kappa shape index (κ3) is 7.45. The molecule has 0 spiro atoms. The van der Waals surface area contributed by atoms with Gasteiger partial charge in [0.2, 0.25) is 0 Å². The average Bonchev–Trinajstić information content (AvgIpc) is 2.52. The zero-order chi connectivity index (χ0) is 19.0. The first-order valence-corrected chi connectivity index (χ1v) is 8.44. The molecule has 0 fully saturated rings. The van der Waals surface area contributed by atoms with E-state index in [9.17, 15) is 9.59 Å². The number of amides is 1. The number of nitrogens with one attached hydrogen (secondary N) is 1. The summed E-state index contributed by atoms with van der Waals surface area (Å²) >= 11 is 0. The van der Waals surface area contributed by atoms with Gasteiger partial charge in [0.1, 0.15) is 11.4 Å². The van der Waals surface area contributed by atoms with Crippen molar-refractivity contribution in [1.29, 1.82) is 0 Å². The van der Waals surface area contributed by atoms with Gasteiger partial charge in [0.05, 0.1) is 7.11 Å². The number of hydrogen-bond acceptors (Lipinski definition) is 5. The Hall–Kier alpha value is -2.24. The van der Waals surface area contributed by atoms with Crippen molar-refractivity contribution in [2.75, 3.05) is 13.7 Å². The SMILES string of the molecule is COC(=O)[C@@H](C)Oc1ccccc1C(C)CCNC(=O)OC(C)(C)C. The molecule has 0 saturated carbocycles. The van der Waals surface area contributed by atoms with Crippen LogP contribution in [0.5, 0.6) is 5.75 Å². The summed E-state index contributed by atoms with van der Waals surface area (Å²) in [6.45, 7) is 9.65. The van der Waals surface area contributed by atoms with E-state index in [2.05, 4.69) is 5.32 Å². The molecule has 1 rings (SSSR count). The molecule has 1 amide bonds. The molecule has 140 valence electrons. The van der Waals surface area contributed by atoms with Crippen molar-refractivity contribution in [3.63, 3.8) is 0 Å². The third-order valence-corrected chi connectivity index (χ3v) is 3.53. The Balaban J connectivity index is 2.62. The number of para-hydroxylation sites is 1. The maximum absolute atomic E-state index is 11.7. The van der Waals surface area contributed by atoms with Crippen molar-refractivity contribution in [2.45, 2.75) is 58.7 Å². The molecule has 0 aliphatic rings. The Morgan fingerprint density at radius 2 is 1.80 bits per heavy atom. The van der Waals surface area contributed by atoms with Crippen molar-refractivity contribution in [2.24, 2.45) is 0 Å². The molecule has 0 saturated heterocycles. The molecular weight excluding hydrogens is 322 g/mol. The van der Waals surface area contributed by atoms with Gasteiger partial charge in [-0.15, -0.1) is 0 Å². The van der Waals surface area contributed by atoms with Crippen LogP contribution < -0.4 is 10.1 Å². The van der Waals surface area contributed by atoms with Crippen LogP contribution in [0, 0.1) is 0 Å². The highest BCUT2D eigenvalue weighted by atomic mass is 16.6. The Morgan fingerprint density at radius 1 is 1.16 bits per heavy atom. The second kappa shape index (κ2) is 9.30. The molecule has 0 aliphatic carbocycles. The fourth-order valence-electron chi connectivity index (χ4n) is 2.26. The summed E-state index contributed by atoms with van der Waals surface area (Å²) in [6.07, 6.45) is -0.395. The summed E-state index contributed by atoms with van der Waals surface area (Å²) in [6, 6.07) is 7.56. The Kier molecular flexibility index (Phi) is 7.74. The molecule has 6 nitrogen and oxygen atoms in total. The number of rotatable bonds is 7. The summed E-state index contributed by atoms with van der Waals surface area (Å²) in [7, 11) is 1.33. The van der Waals surface area contributed by atoms with E-state index in [-0.39, 0.29) is 5.92 Å². The predicted octanol–water partition coefficient (Wildman–Crippen LogP) is 3.65. The zero-order valence-corrected chi connectivity index (χ0v) is 15.9. The minimum atomic E-state index is -0.682. The van der Waals surface area contributed by atoms with E-state index in [4.69, 9.17) is 14.2 Å². The van der Waals surface area contributed by atoms with Crippen molar-refractivity contribution >= 4 is 12.1 Å². The lowest BCUT2D eigenvalue weighted by Gasteiger charge is -2.21. The topological polar surface area (TPSA) is 73.9 Å². The molecule has 0 aliphatic heterocycles. The normalized spacial score (nSPS) is 13.5.